The number of nitrogens with one attached hydrogen (secondary N) is 1. The molecule has 0 aliphatic heterocycles. The van der Waals surface area contributed by atoms with Crippen molar-refractivity contribution in [3.05, 3.63) is 5.82 Å². The van der Waals surface area contributed by atoms with Crippen LogP contribution in [0.25, 0.3) is 0 Å². The molecule has 17 heavy (non-hydrogen) atoms. The van der Waals surface area contributed by atoms with E-state index in [0.717, 1.165) is 24.8 Å². The van der Waals surface area contributed by atoms with Crippen LogP contribution in [0, 0.1) is 11.8 Å². The zero-order valence-corrected chi connectivity index (χ0v) is 11.1. The van der Waals surface area contributed by atoms with E-state index in [9.17, 15) is 0 Å². The highest BCUT2D eigenvalue weighted by Crippen LogP contribution is 2.41. The number of aromatic nitrogens is 4. The Morgan fingerprint density at radius 1 is 1.35 bits per heavy atom. The minimum Gasteiger partial charge on any atom is -0.310 e. The van der Waals surface area contributed by atoms with Crippen molar-refractivity contribution in [1.29, 1.82) is 0 Å². The quantitative estimate of drug-likeness (QED) is 0.848. The van der Waals surface area contributed by atoms with Crippen molar-refractivity contribution in [1.82, 2.24) is 25.5 Å². The number of hydrogen-bond acceptors (Lipinski definition) is 4. The van der Waals surface area contributed by atoms with Crippen molar-refractivity contribution < 1.29 is 0 Å². The Morgan fingerprint density at radius 3 is 2.82 bits per heavy atom. The topological polar surface area (TPSA) is 55.6 Å². The molecular weight excluding hydrogens is 214 g/mol. The maximum Gasteiger partial charge on any atom is 0.165 e. The SMILES string of the molecule is CCNCc1nnnn1C1CCC(CC)C1C. The number of hydrogen-bond donors (Lipinski definition) is 1. The van der Waals surface area contributed by atoms with Gasteiger partial charge in [-0.25, -0.2) is 4.68 Å². The van der Waals surface area contributed by atoms with Gasteiger partial charge in [-0.1, -0.05) is 27.2 Å². The van der Waals surface area contributed by atoms with Crippen LogP contribution < -0.4 is 5.32 Å². The molecule has 1 aliphatic rings. The smallest absolute Gasteiger partial charge is 0.165 e. The number of tetrazole rings is 1. The van der Waals surface area contributed by atoms with Gasteiger partial charge in [0.25, 0.3) is 0 Å². The number of nitrogens with zero attached hydrogens (tertiary/aromatic N) is 4. The van der Waals surface area contributed by atoms with Gasteiger partial charge in [0, 0.05) is 0 Å². The summed E-state index contributed by atoms with van der Waals surface area (Å²) in [7, 11) is 0. The normalized spacial score (nSPS) is 28.8. The van der Waals surface area contributed by atoms with Crippen LogP contribution in [0.3, 0.4) is 0 Å². The molecule has 0 aromatic carbocycles. The predicted octanol–water partition coefficient (Wildman–Crippen LogP) is 1.78. The van der Waals surface area contributed by atoms with Crippen molar-refractivity contribution in [2.75, 3.05) is 6.54 Å². The molecule has 0 amide bonds. The van der Waals surface area contributed by atoms with Crippen molar-refractivity contribution in [2.45, 2.75) is 52.6 Å². The van der Waals surface area contributed by atoms with Gasteiger partial charge in [-0.2, -0.15) is 0 Å². The van der Waals surface area contributed by atoms with Crippen LogP contribution in [0.1, 0.15) is 51.9 Å². The molecular formula is C12H23N5. The molecule has 1 aromatic heterocycles. The summed E-state index contributed by atoms with van der Waals surface area (Å²) in [4.78, 5) is 0. The number of rotatable bonds is 5. The van der Waals surface area contributed by atoms with Crippen molar-refractivity contribution in [2.24, 2.45) is 11.8 Å². The van der Waals surface area contributed by atoms with Crippen LogP contribution in [-0.2, 0) is 6.54 Å². The maximum absolute atomic E-state index is 4.19. The Bertz CT molecular complexity index is 348. The first-order valence-electron chi connectivity index (χ1n) is 6.75. The van der Waals surface area contributed by atoms with E-state index >= 15 is 0 Å². The van der Waals surface area contributed by atoms with Gasteiger partial charge in [0.15, 0.2) is 5.82 Å². The lowest BCUT2D eigenvalue weighted by atomic mass is 9.93. The Labute approximate surface area is 103 Å². The lowest BCUT2D eigenvalue weighted by Gasteiger charge is -2.20. The standard InChI is InChI=1S/C12H23N5/c1-4-10-6-7-11(9(10)3)17-12(8-13-5-2)14-15-16-17/h9-11,13H,4-8H2,1-3H3. The fourth-order valence-electron chi connectivity index (χ4n) is 2.97. The van der Waals surface area contributed by atoms with Crippen LogP contribution in [0.15, 0.2) is 0 Å². The second-order valence-electron chi connectivity index (χ2n) is 4.99. The van der Waals surface area contributed by atoms with Crippen LogP contribution in [0.4, 0.5) is 0 Å². The fraction of sp³-hybridized carbons (Fsp3) is 0.917. The molecule has 5 nitrogen and oxygen atoms in total. The highest BCUT2D eigenvalue weighted by atomic mass is 15.6. The van der Waals surface area contributed by atoms with E-state index in [2.05, 4.69) is 41.6 Å². The van der Waals surface area contributed by atoms with Crippen LogP contribution >= 0.6 is 0 Å². The summed E-state index contributed by atoms with van der Waals surface area (Å²) in [6, 6.07) is 0.489. The first kappa shape index (κ1) is 12.5. The van der Waals surface area contributed by atoms with Crippen LogP contribution in [-0.4, -0.2) is 26.8 Å². The van der Waals surface area contributed by atoms with Crippen molar-refractivity contribution >= 4 is 0 Å². The highest BCUT2D eigenvalue weighted by Gasteiger charge is 2.34. The third-order valence-electron chi connectivity index (χ3n) is 4.12. The fourth-order valence-corrected chi connectivity index (χ4v) is 2.97. The molecule has 3 atom stereocenters. The molecule has 1 saturated carbocycles. The second-order valence-corrected chi connectivity index (χ2v) is 4.99. The third kappa shape index (κ3) is 2.49. The summed E-state index contributed by atoms with van der Waals surface area (Å²) in [5.74, 6) is 2.49. The largest absolute Gasteiger partial charge is 0.310 e. The molecule has 3 unspecified atom stereocenters. The molecule has 1 N–H and O–H groups in total. The Kier molecular flexibility index (Phi) is 4.10. The maximum atomic E-state index is 4.19. The molecule has 1 aromatic rings. The molecule has 0 radical (unpaired) electrons. The van der Waals surface area contributed by atoms with E-state index in [4.69, 9.17) is 0 Å². The molecule has 0 bridgehead atoms. The van der Waals surface area contributed by atoms with Crippen molar-refractivity contribution in [3.63, 3.8) is 0 Å². The zero-order chi connectivity index (χ0) is 12.3. The van der Waals surface area contributed by atoms with Gasteiger partial charge in [-0.05, 0) is 41.6 Å². The highest BCUT2D eigenvalue weighted by molar-refractivity contribution is 4.91. The average Bonchev–Trinajstić information content (AvgIpc) is 2.92. The van der Waals surface area contributed by atoms with Crippen molar-refractivity contribution in [3.8, 4) is 0 Å². The average molecular weight is 237 g/mol. The molecule has 1 aliphatic carbocycles. The second kappa shape index (κ2) is 5.58. The van der Waals surface area contributed by atoms with Crippen LogP contribution in [0.5, 0.6) is 0 Å². The summed E-state index contributed by atoms with van der Waals surface area (Å²) in [6.07, 6.45) is 3.79. The molecule has 0 saturated heterocycles. The summed E-state index contributed by atoms with van der Waals surface area (Å²) < 4.78 is 2.04. The van der Waals surface area contributed by atoms with E-state index in [1.54, 1.807) is 0 Å². The van der Waals surface area contributed by atoms with E-state index in [0.29, 0.717) is 12.0 Å². The molecule has 2 rings (SSSR count). The molecule has 0 spiro atoms. The molecule has 96 valence electrons. The minimum atomic E-state index is 0.489. The van der Waals surface area contributed by atoms with Gasteiger partial charge in [0.05, 0.1) is 12.6 Å². The van der Waals surface area contributed by atoms with Gasteiger partial charge < -0.3 is 5.32 Å². The van der Waals surface area contributed by atoms with Gasteiger partial charge >= 0.3 is 0 Å². The van der Waals surface area contributed by atoms with E-state index in [1.807, 2.05) is 4.68 Å². The molecule has 1 fully saturated rings. The molecule has 1 heterocycles. The van der Waals surface area contributed by atoms with Gasteiger partial charge in [0.1, 0.15) is 0 Å². The first-order valence-corrected chi connectivity index (χ1v) is 6.75. The third-order valence-corrected chi connectivity index (χ3v) is 4.12. The lowest BCUT2D eigenvalue weighted by Crippen LogP contribution is -2.22. The Hall–Kier alpha value is -0.970. The van der Waals surface area contributed by atoms with E-state index in [-0.39, 0.29) is 0 Å². The lowest BCUT2D eigenvalue weighted by molar-refractivity contribution is 0.301. The summed E-state index contributed by atoms with van der Waals surface area (Å²) >= 11 is 0. The Balaban J connectivity index is 2.09. The van der Waals surface area contributed by atoms with Gasteiger partial charge in [-0.15, -0.1) is 5.10 Å². The van der Waals surface area contributed by atoms with Crippen LogP contribution in [0.2, 0.25) is 0 Å². The van der Waals surface area contributed by atoms with Gasteiger partial charge in [0.2, 0.25) is 0 Å². The minimum absolute atomic E-state index is 0.489. The molecule has 5 heteroatoms. The zero-order valence-electron chi connectivity index (χ0n) is 11.1. The summed E-state index contributed by atoms with van der Waals surface area (Å²) in [5.41, 5.74) is 0. The van der Waals surface area contributed by atoms with E-state index in [1.165, 1.54) is 19.3 Å². The summed E-state index contributed by atoms with van der Waals surface area (Å²) in [5, 5.41) is 15.4. The Morgan fingerprint density at radius 2 is 2.18 bits per heavy atom. The summed E-state index contributed by atoms with van der Waals surface area (Å²) in [6.45, 7) is 8.43. The van der Waals surface area contributed by atoms with Gasteiger partial charge in [-0.3, -0.25) is 0 Å². The first-order chi connectivity index (χ1) is 8.27. The monoisotopic (exact) mass is 237 g/mol. The van der Waals surface area contributed by atoms with E-state index < -0.39 is 0 Å². The predicted molar refractivity (Wildman–Crippen MR) is 66.4 cm³/mol.